The van der Waals surface area contributed by atoms with Crippen molar-refractivity contribution in [3.8, 4) is 0 Å². The number of amides is 2. The first-order chi connectivity index (χ1) is 17.6. The summed E-state index contributed by atoms with van der Waals surface area (Å²) in [6.07, 6.45) is 4.17. The van der Waals surface area contributed by atoms with Crippen LogP contribution in [-0.2, 0) is 4.74 Å². The smallest absolute Gasteiger partial charge is 0.410 e. The number of carbonyl (C=O) groups is 2. The Morgan fingerprint density at radius 3 is 2.30 bits per heavy atom. The molecule has 2 amide bonds. The maximum atomic E-state index is 12.3. The summed E-state index contributed by atoms with van der Waals surface area (Å²) >= 11 is 0. The molecule has 0 spiro atoms. The summed E-state index contributed by atoms with van der Waals surface area (Å²) in [5, 5.41) is 16.3. The maximum Gasteiger partial charge on any atom is 0.410 e. The first kappa shape index (κ1) is 26.5. The molecule has 0 bridgehead atoms. The molecule has 2 aliphatic rings. The molecule has 11 nitrogen and oxygen atoms in total. The lowest BCUT2D eigenvalue weighted by molar-refractivity contribution is 0.0240. The van der Waals surface area contributed by atoms with Gasteiger partial charge in [-0.3, -0.25) is 4.79 Å². The van der Waals surface area contributed by atoms with Gasteiger partial charge in [-0.1, -0.05) is 0 Å². The highest BCUT2D eigenvalue weighted by Gasteiger charge is 2.26. The summed E-state index contributed by atoms with van der Waals surface area (Å²) in [5.41, 5.74) is 6.86. The summed E-state index contributed by atoms with van der Waals surface area (Å²) in [6, 6.07) is 7.98. The van der Waals surface area contributed by atoms with Gasteiger partial charge in [0, 0.05) is 43.6 Å². The van der Waals surface area contributed by atoms with Crippen LogP contribution in [0.25, 0.3) is 0 Å². The van der Waals surface area contributed by atoms with Crippen molar-refractivity contribution in [2.24, 2.45) is 5.73 Å². The second kappa shape index (κ2) is 11.2. The van der Waals surface area contributed by atoms with Crippen molar-refractivity contribution >= 4 is 35.0 Å². The van der Waals surface area contributed by atoms with Gasteiger partial charge in [-0.15, -0.1) is 0 Å². The minimum Gasteiger partial charge on any atom is -0.444 e. The predicted molar refractivity (Wildman–Crippen MR) is 142 cm³/mol. The number of piperazine rings is 1. The second-order valence-electron chi connectivity index (χ2n) is 10.6. The lowest BCUT2D eigenvalue weighted by Gasteiger charge is -2.36. The van der Waals surface area contributed by atoms with E-state index in [2.05, 4.69) is 25.5 Å². The quantitative estimate of drug-likeness (QED) is 0.459. The number of hydrogen-bond acceptors (Lipinski definition) is 9. The van der Waals surface area contributed by atoms with Gasteiger partial charge in [0.05, 0.1) is 12.3 Å². The molecule has 2 heterocycles. The van der Waals surface area contributed by atoms with Gasteiger partial charge in [-0.25, -0.2) is 14.8 Å². The van der Waals surface area contributed by atoms with E-state index in [1.807, 2.05) is 45.0 Å². The Balaban J connectivity index is 1.38. The Labute approximate surface area is 217 Å². The molecule has 1 aliphatic carbocycles. The number of carbonyl (C=O) groups excluding carboxylic acids is 2. The molecule has 2 fully saturated rings. The molecule has 37 heavy (non-hydrogen) atoms. The first-order valence-corrected chi connectivity index (χ1v) is 12.8. The van der Waals surface area contributed by atoms with Crippen LogP contribution in [-0.4, -0.2) is 75.9 Å². The first-order valence-electron chi connectivity index (χ1n) is 12.8. The van der Waals surface area contributed by atoms with Crippen LogP contribution >= 0.6 is 0 Å². The third-order valence-corrected chi connectivity index (χ3v) is 6.48. The number of anilines is 4. The van der Waals surface area contributed by atoms with Gasteiger partial charge in [0.2, 0.25) is 0 Å². The number of nitrogens with two attached hydrogens (primary N) is 1. The van der Waals surface area contributed by atoms with Crippen molar-refractivity contribution in [2.45, 2.75) is 64.2 Å². The predicted octanol–water partition coefficient (Wildman–Crippen LogP) is 3.09. The molecule has 4 rings (SSSR count). The van der Waals surface area contributed by atoms with Crippen LogP contribution in [0.15, 0.2) is 30.5 Å². The van der Waals surface area contributed by atoms with Crippen molar-refractivity contribution in [1.82, 2.24) is 14.9 Å². The van der Waals surface area contributed by atoms with E-state index in [0.29, 0.717) is 32.0 Å². The summed E-state index contributed by atoms with van der Waals surface area (Å²) in [4.78, 5) is 37.0. The minimum absolute atomic E-state index is 0.0620. The van der Waals surface area contributed by atoms with Crippen LogP contribution < -0.4 is 21.3 Å². The third-order valence-electron chi connectivity index (χ3n) is 6.48. The number of aromatic nitrogens is 2. The molecule has 0 unspecified atom stereocenters. The fourth-order valence-corrected chi connectivity index (χ4v) is 4.52. The molecule has 1 saturated carbocycles. The van der Waals surface area contributed by atoms with Gasteiger partial charge in [0.15, 0.2) is 11.5 Å². The van der Waals surface area contributed by atoms with Crippen LogP contribution in [0.2, 0.25) is 0 Å². The number of benzene rings is 1. The largest absolute Gasteiger partial charge is 0.444 e. The van der Waals surface area contributed by atoms with E-state index < -0.39 is 11.5 Å². The van der Waals surface area contributed by atoms with Crippen LogP contribution in [0.4, 0.5) is 27.8 Å². The van der Waals surface area contributed by atoms with Crippen LogP contribution in [0, 0.1) is 0 Å². The summed E-state index contributed by atoms with van der Waals surface area (Å²) < 4.78 is 5.47. The monoisotopic (exact) mass is 511 g/mol. The van der Waals surface area contributed by atoms with Gasteiger partial charge in [0.1, 0.15) is 11.4 Å². The highest BCUT2D eigenvalue weighted by molar-refractivity contribution is 5.96. The highest BCUT2D eigenvalue weighted by atomic mass is 16.6. The van der Waals surface area contributed by atoms with Crippen molar-refractivity contribution in [2.75, 3.05) is 41.7 Å². The molecular formula is C26H37N7O4. The molecule has 2 aromatic rings. The average molecular weight is 512 g/mol. The zero-order valence-corrected chi connectivity index (χ0v) is 21.7. The Morgan fingerprint density at radius 1 is 1.05 bits per heavy atom. The van der Waals surface area contributed by atoms with Gasteiger partial charge >= 0.3 is 6.09 Å². The lowest BCUT2D eigenvalue weighted by atomic mass is 9.93. The van der Waals surface area contributed by atoms with Gasteiger partial charge in [0.25, 0.3) is 5.91 Å². The molecule has 5 N–H and O–H groups in total. The maximum absolute atomic E-state index is 12.3. The van der Waals surface area contributed by atoms with E-state index in [0.717, 1.165) is 37.1 Å². The summed E-state index contributed by atoms with van der Waals surface area (Å²) in [5.74, 6) is 0.169. The third kappa shape index (κ3) is 7.22. The number of hydrogen-bond donors (Lipinski definition) is 4. The zero-order chi connectivity index (χ0) is 26.6. The number of nitrogens with one attached hydrogen (secondary N) is 2. The molecule has 1 saturated heterocycles. The van der Waals surface area contributed by atoms with Crippen molar-refractivity contribution in [1.29, 1.82) is 0 Å². The van der Waals surface area contributed by atoms with Crippen LogP contribution in [0.5, 0.6) is 0 Å². The fraction of sp³-hybridized carbons (Fsp3) is 0.538. The molecule has 200 valence electrons. The van der Waals surface area contributed by atoms with Crippen molar-refractivity contribution < 1.29 is 19.4 Å². The number of aliphatic hydroxyl groups excluding tert-OH is 1. The van der Waals surface area contributed by atoms with E-state index in [-0.39, 0.29) is 29.8 Å². The van der Waals surface area contributed by atoms with Gasteiger partial charge < -0.3 is 36.0 Å². The normalized spacial score (nSPS) is 20.3. The Hall–Kier alpha value is -3.60. The molecular weight excluding hydrogens is 474 g/mol. The molecule has 1 aromatic carbocycles. The topological polar surface area (TPSA) is 146 Å². The standard InChI is InChI=1S/C26H37N7O4/c1-26(2,3)37-25(36)33-14-12-32(13-15-33)19-8-4-18(5-9-19)30-24-22(23(27)35)28-16-21(31-24)29-17-6-10-20(34)11-7-17/h4-5,8-9,16-17,20,34H,6-7,10-15H2,1-3H3,(H2,27,35)(H2,29,30,31). The van der Waals surface area contributed by atoms with Gasteiger partial charge in [-0.05, 0) is 70.7 Å². The SMILES string of the molecule is CC(C)(C)OC(=O)N1CCN(c2ccc(Nc3nc(NC4CCC(O)CC4)cnc3C(N)=O)cc2)CC1. The average Bonchev–Trinajstić information content (AvgIpc) is 2.85. The Morgan fingerprint density at radius 2 is 1.70 bits per heavy atom. The molecule has 1 aromatic heterocycles. The highest BCUT2D eigenvalue weighted by Crippen LogP contribution is 2.26. The Kier molecular flexibility index (Phi) is 8.01. The number of rotatable bonds is 6. The van der Waals surface area contributed by atoms with Crippen molar-refractivity contribution in [3.05, 3.63) is 36.2 Å². The summed E-state index contributed by atoms with van der Waals surface area (Å²) in [7, 11) is 0. The van der Waals surface area contributed by atoms with Crippen molar-refractivity contribution in [3.63, 3.8) is 0 Å². The zero-order valence-electron chi connectivity index (χ0n) is 21.7. The van der Waals surface area contributed by atoms with E-state index >= 15 is 0 Å². The van der Waals surface area contributed by atoms with Crippen LogP contribution in [0.3, 0.4) is 0 Å². The van der Waals surface area contributed by atoms with E-state index in [1.165, 1.54) is 6.20 Å². The van der Waals surface area contributed by atoms with E-state index in [4.69, 9.17) is 10.5 Å². The second-order valence-corrected chi connectivity index (χ2v) is 10.6. The molecule has 0 radical (unpaired) electrons. The Bertz CT molecular complexity index is 1090. The molecule has 1 aliphatic heterocycles. The van der Waals surface area contributed by atoms with Gasteiger partial charge in [-0.2, -0.15) is 0 Å². The summed E-state index contributed by atoms with van der Waals surface area (Å²) in [6.45, 7) is 8.18. The number of aliphatic hydroxyl groups is 1. The molecule has 0 atom stereocenters. The number of primary amides is 1. The van der Waals surface area contributed by atoms with Crippen LogP contribution in [0.1, 0.15) is 56.9 Å². The number of nitrogens with zero attached hydrogens (tertiary/aromatic N) is 4. The molecule has 11 heteroatoms. The van der Waals surface area contributed by atoms with E-state index in [1.54, 1.807) is 4.90 Å². The fourth-order valence-electron chi connectivity index (χ4n) is 4.52. The number of ether oxygens (including phenoxy) is 1. The van der Waals surface area contributed by atoms with E-state index in [9.17, 15) is 14.7 Å². The lowest BCUT2D eigenvalue weighted by Crippen LogP contribution is -2.50. The minimum atomic E-state index is -0.665.